The molecular weight excluding hydrogens is 480 g/mol. The summed E-state index contributed by atoms with van der Waals surface area (Å²) in [4.78, 5) is 21.8. The van der Waals surface area contributed by atoms with Crippen LogP contribution in [0.4, 0.5) is 5.13 Å². The maximum Gasteiger partial charge on any atom is 0.209 e. The summed E-state index contributed by atoms with van der Waals surface area (Å²) >= 11 is 1.43. The molecule has 37 heavy (non-hydrogen) atoms. The second kappa shape index (κ2) is 10.9. The second-order valence-electron chi connectivity index (χ2n) is 9.82. The Bertz CT molecular complexity index is 1460. The number of carbonyl (C=O) groups excluding carboxylic acids is 1. The Hall–Kier alpha value is -4.03. The first-order valence-electron chi connectivity index (χ1n) is 11.9. The van der Waals surface area contributed by atoms with Crippen molar-refractivity contribution in [3.05, 3.63) is 99.9 Å². The fraction of sp³-hybridized carbons (Fsp3) is 0.194. The number of hydrogen-bond donors (Lipinski definition) is 1. The summed E-state index contributed by atoms with van der Waals surface area (Å²) in [6.07, 6.45) is 4.96. The third-order valence-electron chi connectivity index (χ3n) is 5.92. The van der Waals surface area contributed by atoms with Gasteiger partial charge in [0.15, 0.2) is 5.78 Å². The van der Waals surface area contributed by atoms with Gasteiger partial charge in [-0.25, -0.2) is 9.98 Å². The van der Waals surface area contributed by atoms with Crippen LogP contribution in [0.15, 0.2) is 77.1 Å². The maximum atomic E-state index is 12.7. The summed E-state index contributed by atoms with van der Waals surface area (Å²) in [6, 6.07) is 18.9. The normalized spacial score (nSPS) is 11.9. The summed E-state index contributed by atoms with van der Waals surface area (Å²) in [5.41, 5.74) is 5.38. The highest BCUT2D eigenvalue weighted by molar-refractivity contribution is 7.13. The first-order valence-corrected chi connectivity index (χ1v) is 12.8. The molecule has 4 aromatic rings. The van der Waals surface area contributed by atoms with Crippen molar-refractivity contribution in [3.63, 3.8) is 0 Å². The van der Waals surface area contributed by atoms with E-state index in [2.05, 4.69) is 9.98 Å². The predicted molar refractivity (Wildman–Crippen MR) is 153 cm³/mol. The lowest BCUT2D eigenvalue weighted by molar-refractivity contribution is 0.104. The molecule has 1 N–H and O–H groups in total. The van der Waals surface area contributed by atoms with Gasteiger partial charge in [0, 0.05) is 33.8 Å². The molecule has 0 radical (unpaired) electrons. The molecule has 4 rings (SSSR count). The molecule has 0 aliphatic carbocycles. The highest BCUT2D eigenvalue weighted by Gasteiger charge is 2.21. The number of nitrogens with zero attached hydrogens (tertiary/aromatic N) is 2. The average Bonchev–Trinajstić information content (AvgIpc) is 3.36. The van der Waals surface area contributed by atoms with Crippen LogP contribution in [0.1, 0.15) is 53.4 Å². The fourth-order valence-electron chi connectivity index (χ4n) is 3.78. The molecule has 0 saturated heterocycles. The van der Waals surface area contributed by atoms with Crippen molar-refractivity contribution in [3.8, 4) is 22.8 Å². The van der Waals surface area contributed by atoms with Crippen LogP contribution >= 0.6 is 11.3 Å². The van der Waals surface area contributed by atoms with Crippen molar-refractivity contribution in [2.75, 3.05) is 7.11 Å². The van der Waals surface area contributed by atoms with Crippen molar-refractivity contribution in [1.29, 1.82) is 0 Å². The number of carbonyl (C=O) groups is 1. The third kappa shape index (κ3) is 6.40. The number of rotatable bonds is 7. The molecule has 0 amide bonds. The van der Waals surface area contributed by atoms with Crippen LogP contribution in [-0.2, 0) is 5.41 Å². The number of allylic oxidation sites excluding steroid dienone is 1. The fourth-order valence-corrected chi connectivity index (χ4v) is 4.45. The number of ether oxygens (including phenoxy) is 1. The average molecular weight is 511 g/mol. The van der Waals surface area contributed by atoms with Gasteiger partial charge in [-0.3, -0.25) is 4.79 Å². The SMILES string of the molecule is COc1ccc(-c2csc(/N=C/c3cc(/C=C/C(=O)c4ccc(C)cc4)cc(C(C)(C)C)c3O)n2)cc1. The van der Waals surface area contributed by atoms with Crippen molar-refractivity contribution >= 4 is 34.5 Å². The molecule has 0 spiro atoms. The number of aromatic hydroxyl groups is 1. The van der Waals surface area contributed by atoms with Crippen LogP contribution in [-0.4, -0.2) is 29.2 Å². The van der Waals surface area contributed by atoms with E-state index in [1.165, 1.54) is 11.3 Å². The van der Waals surface area contributed by atoms with E-state index >= 15 is 0 Å². The van der Waals surface area contributed by atoms with E-state index in [4.69, 9.17) is 4.74 Å². The largest absolute Gasteiger partial charge is 0.507 e. The number of ketones is 1. The van der Waals surface area contributed by atoms with Gasteiger partial charge in [-0.1, -0.05) is 56.7 Å². The minimum atomic E-state index is -0.305. The summed E-state index contributed by atoms with van der Waals surface area (Å²) in [5.74, 6) is 0.886. The van der Waals surface area contributed by atoms with Crippen LogP contribution in [0, 0.1) is 6.92 Å². The van der Waals surface area contributed by atoms with E-state index in [1.54, 1.807) is 25.5 Å². The van der Waals surface area contributed by atoms with Crippen LogP contribution in [0.25, 0.3) is 17.3 Å². The molecule has 0 atom stereocenters. The van der Waals surface area contributed by atoms with Crippen molar-refractivity contribution < 1.29 is 14.6 Å². The molecule has 0 unspecified atom stereocenters. The minimum absolute atomic E-state index is 0.0746. The number of thiazole rings is 1. The van der Waals surface area contributed by atoms with Gasteiger partial charge in [0.1, 0.15) is 11.5 Å². The highest BCUT2D eigenvalue weighted by Crippen LogP contribution is 2.35. The number of hydrogen-bond acceptors (Lipinski definition) is 6. The third-order valence-corrected chi connectivity index (χ3v) is 6.67. The Kier molecular flexibility index (Phi) is 7.69. The van der Waals surface area contributed by atoms with Gasteiger partial charge in [0.2, 0.25) is 5.13 Å². The highest BCUT2D eigenvalue weighted by atomic mass is 32.1. The van der Waals surface area contributed by atoms with Gasteiger partial charge in [-0.15, -0.1) is 11.3 Å². The number of aryl methyl sites for hydroxylation is 1. The Morgan fingerprint density at radius 1 is 1.05 bits per heavy atom. The summed E-state index contributed by atoms with van der Waals surface area (Å²) in [6.45, 7) is 8.10. The molecule has 0 aliphatic rings. The minimum Gasteiger partial charge on any atom is -0.507 e. The summed E-state index contributed by atoms with van der Waals surface area (Å²) in [7, 11) is 1.64. The molecule has 0 fully saturated rings. The predicted octanol–water partition coefficient (Wildman–Crippen LogP) is 7.78. The molecule has 0 saturated carbocycles. The zero-order valence-electron chi connectivity index (χ0n) is 21.6. The maximum absolute atomic E-state index is 12.7. The number of phenols is 1. The Balaban J connectivity index is 1.62. The first-order chi connectivity index (χ1) is 17.6. The molecule has 3 aromatic carbocycles. The van der Waals surface area contributed by atoms with Gasteiger partial charge in [-0.05, 0) is 60.4 Å². The van der Waals surface area contributed by atoms with E-state index < -0.39 is 0 Å². The van der Waals surface area contributed by atoms with Gasteiger partial charge in [-0.2, -0.15) is 0 Å². The van der Waals surface area contributed by atoms with Crippen LogP contribution in [0.5, 0.6) is 11.5 Å². The lowest BCUT2D eigenvalue weighted by Crippen LogP contribution is -2.12. The Morgan fingerprint density at radius 2 is 1.76 bits per heavy atom. The van der Waals surface area contributed by atoms with Crippen molar-refractivity contribution in [2.24, 2.45) is 4.99 Å². The molecular formula is C31H30N2O3S. The number of phenolic OH excluding ortho intramolecular Hbond substituents is 1. The van der Waals surface area contributed by atoms with E-state index in [9.17, 15) is 9.90 Å². The van der Waals surface area contributed by atoms with Gasteiger partial charge in [0.05, 0.1) is 12.8 Å². The molecule has 0 aliphatic heterocycles. The smallest absolute Gasteiger partial charge is 0.209 e. The van der Waals surface area contributed by atoms with Crippen LogP contribution in [0.2, 0.25) is 0 Å². The van der Waals surface area contributed by atoms with E-state index in [0.717, 1.165) is 33.7 Å². The van der Waals surface area contributed by atoms with Crippen LogP contribution < -0.4 is 4.74 Å². The van der Waals surface area contributed by atoms with E-state index in [0.29, 0.717) is 16.3 Å². The molecule has 188 valence electrons. The van der Waals surface area contributed by atoms with E-state index in [-0.39, 0.29) is 16.9 Å². The number of aliphatic imine (C=N–C) groups is 1. The number of methoxy groups -OCH3 is 1. The standard InChI is InChI=1S/C31H30N2O3S/c1-20-6-9-23(10-7-20)28(34)15-8-21-16-24(29(35)26(17-21)31(2,3)4)18-32-30-33-27(19-37-30)22-11-13-25(36-5)14-12-22/h6-19,35H,1-5H3/b15-8+,32-18+. The molecule has 0 bridgehead atoms. The van der Waals surface area contributed by atoms with Gasteiger partial charge in [0.25, 0.3) is 0 Å². The van der Waals surface area contributed by atoms with Gasteiger partial charge < -0.3 is 9.84 Å². The molecule has 1 heterocycles. The number of benzene rings is 3. The first kappa shape index (κ1) is 26.0. The molecule has 6 heteroatoms. The zero-order valence-corrected chi connectivity index (χ0v) is 22.5. The van der Waals surface area contributed by atoms with Crippen molar-refractivity contribution in [1.82, 2.24) is 4.98 Å². The molecule has 1 aromatic heterocycles. The lowest BCUT2D eigenvalue weighted by Gasteiger charge is -2.22. The van der Waals surface area contributed by atoms with Gasteiger partial charge >= 0.3 is 0 Å². The Labute approximate surface area is 221 Å². The second-order valence-corrected chi connectivity index (χ2v) is 10.7. The topological polar surface area (TPSA) is 71.8 Å². The molecule has 5 nitrogen and oxygen atoms in total. The van der Waals surface area contributed by atoms with Crippen molar-refractivity contribution in [2.45, 2.75) is 33.1 Å². The summed E-state index contributed by atoms with van der Waals surface area (Å²) in [5, 5.41) is 13.6. The zero-order chi connectivity index (χ0) is 26.6. The monoisotopic (exact) mass is 510 g/mol. The quantitative estimate of drug-likeness (QED) is 0.157. The summed E-state index contributed by atoms with van der Waals surface area (Å²) < 4.78 is 5.22. The Morgan fingerprint density at radius 3 is 2.41 bits per heavy atom. The van der Waals surface area contributed by atoms with E-state index in [1.807, 2.05) is 93.7 Å². The lowest BCUT2D eigenvalue weighted by atomic mass is 9.84. The number of aromatic nitrogens is 1. The van der Waals surface area contributed by atoms with Crippen LogP contribution in [0.3, 0.4) is 0 Å².